The topological polar surface area (TPSA) is 66.4 Å². The van der Waals surface area contributed by atoms with Crippen molar-refractivity contribution in [1.29, 1.82) is 0 Å². The van der Waals surface area contributed by atoms with E-state index in [0.29, 0.717) is 16.7 Å². The van der Waals surface area contributed by atoms with Gasteiger partial charge in [0.05, 0.1) is 17.7 Å². The largest absolute Gasteiger partial charge is 0.481 e. The van der Waals surface area contributed by atoms with Crippen molar-refractivity contribution >= 4 is 17.6 Å². The highest BCUT2D eigenvalue weighted by atomic mass is 19.4. The van der Waals surface area contributed by atoms with Crippen LogP contribution in [0.25, 0.3) is 11.1 Å². The van der Waals surface area contributed by atoms with Crippen LogP contribution in [0.15, 0.2) is 42.5 Å². The number of rotatable bonds is 4. The number of alkyl halides is 3. The molecule has 24 heavy (non-hydrogen) atoms. The summed E-state index contributed by atoms with van der Waals surface area (Å²) in [5.74, 6) is -1.58. The van der Waals surface area contributed by atoms with E-state index in [-0.39, 0.29) is 12.1 Å². The lowest BCUT2D eigenvalue weighted by Crippen LogP contribution is -2.14. The van der Waals surface area contributed by atoms with Gasteiger partial charge in [-0.25, -0.2) is 0 Å². The number of hydrogen-bond donors (Lipinski definition) is 2. The summed E-state index contributed by atoms with van der Waals surface area (Å²) in [6, 6.07) is 9.85. The lowest BCUT2D eigenvalue weighted by Gasteiger charge is -2.15. The molecule has 0 saturated heterocycles. The summed E-state index contributed by atoms with van der Waals surface area (Å²) in [6.07, 6.45) is -4.77. The van der Waals surface area contributed by atoms with E-state index in [1.54, 1.807) is 24.3 Å². The fraction of sp³-hybridized carbons (Fsp3) is 0.176. The number of nitrogens with one attached hydrogen (secondary N) is 1. The van der Waals surface area contributed by atoms with Gasteiger partial charge in [0, 0.05) is 6.92 Å². The van der Waals surface area contributed by atoms with Crippen LogP contribution in [0.5, 0.6) is 0 Å². The van der Waals surface area contributed by atoms with Crippen LogP contribution < -0.4 is 5.32 Å². The summed E-state index contributed by atoms with van der Waals surface area (Å²) in [5, 5.41) is 10.9. The molecule has 2 N–H and O–H groups in total. The normalized spacial score (nSPS) is 11.2. The zero-order chi connectivity index (χ0) is 17.9. The summed E-state index contributed by atoms with van der Waals surface area (Å²) < 4.78 is 39.6. The van der Waals surface area contributed by atoms with Gasteiger partial charge in [-0.1, -0.05) is 30.3 Å². The van der Waals surface area contributed by atoms with Gasteiger partial charge in [0.25, 0.3) is 0 Å². The van der Waals surface area contributed by atoms with Crippen LogP contribution in [0.4, 0.5) is 18.9 Å². The smallest absolute Gasteiger partial charge is 0.418 e. The second-order valence-electron chi connectivity index (χ2n) is 5.21. The minimum atomic E-state index is -4.61. The van der Waals surface area contributed by atoms with Crippen molar-refractivity contribution in [2.45, 2.75) is 19.5 Å². The maximum atomic E-state index is 13.2. The predicted molar refractivity (Wildman–Crippen MR) is 82.5 cm³/mol. The number of carboxylic acids is 1. The van der Waals surface area contributed by atoms with Gasteiger partial charge in [-0.2, -0.15) is 13.2 Å². The number of amides is 1. The van der Waals surface area contributed by atoms with Gasteiger partial charge in [0.2, 0.25) is 5.91 Å². The fourth-order valence-electron chi connectivity index (χ4n) is 2.25. The molecule has 1 amide bonds. The number of carbonyl (C=O) groups is 2. The molecule has 0 radical (unpaired) electrons. The highest BCUT2D eigenvalue weighted by molar-refractivity contribution is 5.90. The first-order chi connectivity index (χ1) is 11.2. The molecular formula is C17H14F3NO3. The van der Waals surface area contributed by atoms with E-state index in [0.717, 1.165) is 13.0 Å². The number of anilines is 1. The Morgan fingerprint density at radius 3 is 2.12 bits per heavy atom. The van der Waals surface area contributed by atoms with Crippen molar-refractivity contribution in [3.05, 3.63) is 53.6 Å². The van der Waals surface area contributed by atoms with Gasteiger partial charge in [0.1, 0.15) is 0 Å². The Bertz CT molecular complexity index is 768. The van der Waals surface area contributed by atoms with Crippen LogP contribution >= 0.6 is 0 Å². The Balaban J connectivity index is 2.40. The predicted octanol–water partition coefficient (Wildman–Crippen LogP) is 3.96. The first-order valence-electron chi connectivity index (χ1n) is 6.97. The Morgan fingerprint density at radius 1 is 1.04 bits per heavy atom. The zero-order valence-electron chi connectivity index (χ0n) is 12.6. The summed E-state index contributed by atoms with van der Waals surface area (Å²) in [4.78, 5) is 21.7. The van der Waals surface area contributed by atoms with Gasteiger partial charge in [-0.3, -0.25) is 9.59 Å². The van der Waals surface area contributed by atoms with Crippen molar-refractivity contribution in [2.75, 3.05) is 5.32 Å². The van der Waals surface area contributed by atoms with E-state index in [1.165, 1.54) is 12.1 Å². The lowest BCUT2D eigenvalue weighted by molar-refractivity contribution is -0.137. The lowest BCUT2D eigenvalue weighted by atomic mass is 9.99. The average Bonchev–Trinajstić information content (AvgIpc) is 2.46. The molecular weight excluding hydrogens is 323 g/mol. The number of carbonyl (C=O) groups excluding carboxylic acids is 1. The summed E-state index contributed by atoms with van der Waals surface area (Å²) in [6.45, 7) is 1.13. The molecule has 2 aromatic rings. The van der Waals surface area contributed by atoms with Crippen LogP contribution in [0.1, 0.15) is 18.1 Å². The van der Waals surface area contributed by atoms with Crippen LogP contribution in [-0.2, 0) is 22.2 Å². The molecule has 0 saturated carbocycles. The second-order valence-corrected chi connectivity index (χ2v) is 5.21. The Morgan fingerprint density at radius 2 is 1.62 bits per heavy atom. The number of carboxylic acid groups (broad SMARTS) is 1. The van der Waals surface area contributed by atoms with Crippen molar-refractivity contribution < 1.29 is 27.9 Å². The fourth-order valence-corrected chi connectivity index (χ4v) is 2.25. The molecule has 7 heteroatoms. The van der Waals surface area contributed by atoms with E-state index >= 15 is 0 Å². The van der Waals surface area contributed by atoms with Gasteiger partial charge in [-0.05, 0) is 28.8 Å². The van der Waals surface area contributed by atoms with Crippen LogP contribution in [0.2, 0.25) is 0 Å². The molecule has 0 fully saturated rings. The maximum Gasteiger partial charge on any atom is 0.418 e. The Labute approximate surface area is 135 Å². The molecule has 0 bridgehead atoms. The van der Waals surface area contributed by atoms with Crippen LogP contribution in [0, 0.1) is 0 Å². The van der Waals surface area contributed by atoms with Gasteiger partial charge in [0.15, 0.2) is 0 Å². The second kappa shape index (κ2) is 6.74. The third kappa shape index (κ3) is 4.34. The number of aliphatic carboxylic acids is 1. The van der Waals surface area contributed by atoms with Crippen molar-refractivity contribution in [3.63, 3.8) is 0 Å². The van der Waals surface area contributed by atoms with Crippen LogP contribution in [-0.4, -0.2) is 17.0 Å². The molecule has 4 nitrogen and oxygen atoms in total. The van der Waals surface area contributed by atoms with Crippen molar-refractivity contribution in [2.24, 2.45) is 0 Å². The Kier molecular flexibility index (Phi) is 4.92. The maximum absolute atomic E-state index is 13.2. The molecule has 0 aliphatic rings. The van der Waals surface area contributed by atoms with E-state index in [4.69, 9.17) is 5.11 Å². The van der Waals surface area contributed by atoms with Crippen molar-refractivity contribution in [3.8, 4) is 11.1 Å². The SMILES string of the molecule is CC(=O)Nc1ccc(-c2ccc(CC(=O)O)cc2)cc1C(F)(F)F. The van der Waals surface area contributed by atoms with Crippen molar-refractivity contribution in [1.82, 2.24) is 0 Å². The molecule has 0 heterocycles. The third-order valence-electron chi connectivity index (χ3n) is 3.28. The standard InChI is InChI=1S/C17H14F3NO3/c1-10(22)21-15-7-6-13(9-14(15)17(18,19)20)12-4-2-11(3-5-12)8-16(23)24/h2-7,9H,8H2,1H3,(H,21,22)(H,23,24). The van der Waals surface area contributed by atoms with E-state index < -0.39 is 23.6 Å². The molecule has 2 rings (SSSR count). The Hall–Kier alpha value is -2.83. The average molecular weight is 337 g/mol. The van der Waals surface area contributed by atoms with Crippen LogP contribution in [0.3, 0.4) is 0 Å². The third-order valence-corrected chi connectivity index (χ3v) is 3.28. The minimum Gasteiger partial charge on any atom is -0.481 e. The molecule has 2 aromatic carbocycles. The number of hydrogen-bond acceptors (Lipinski definition) is 2. The van der Waals surface area contributed by atoms with Gasteiger partial charge >= 0.3 is 12.1 Å². The quantitative estimate of drug-likeness (QED) is 0.887. The van der Waals surface area contributed by atoms with Gasteiger partial charge in [-0.15, -0.1) is 0 Å². The van der Waals surface area contributed by atoms with Gasteiger partial charge < -0.3 is 10.4 Å². The van der Waals surface area contributed by atoms with E-state index in [1.807, 2.05) is 0 Å². The van der Waals surface area contributed by atoms with E-state index in [2.05, 4.69) is 5.32 Å². The monoisotopic (exact) mass is 337 g/mol. The molecule has 0 spiro atoms. The molecule has 0 aromatic heterocycles. The number of benzene rings is 2. The highest BCUT2D eigenvalue weighted by Gasteiger charge is 2.34. The summed E-state index contributed by atoms with van der Waals surface area (Å²) >= 11 is 0. The summed E-state index contributed by atoms with van der Waals surface area (Å²) in [7, 11) is 0. The molecule has 0 aliphatic carbocycles. The molecule has 0 atom stereocenters. The molecule has 126 valence electrons. The molecule has 0 unspecified atom stereocenters. The molecule has 0 aliphatic heterocycles. The first kappa shape index (κ1) is 17.5. The first-order valence-corrected chi connectivity index (χ1v) is 6.97. The minimum absolute atomic E-state index is 0.157. The van der Waals surface area contributed by atoms with E-state index in [9.17, 15) is 22.8 Å². The summed E-state index contributed by atoms with van der Waals surface area (Å²) in [5.41, 5.74) is 0.144. The zero-order valence-corrected chi connectivity index (χ0v) is 12.6. The number of halogens is 3. The highest BCUT2D eigenvalue weighted by Crippen LogP contribution is 2.37.